The van der Waals surface area contributed by atoms with Gasteiger partial charge in [-0.15, -0.1) is 0 Å². The zero-order valence-electron chi connectivity index (χ0n) is 17.8. The highest BCUT2D eigenvalue weighted by atomic mass is 32.2. The van der Waals surface area contributed by atoms with Gasteiger partial charge < -0.3 is 4.90 Å². The predicted molar refractivity (Wildman–Crippen MR) is 119 cm³/mol. The van der Waals surface area contributed by atoms with Crippen LogP contribution in [-0.4, -0.2) is 58.5 Å². The highest BCUT2D eigenvalue weighted by Gasteiger charge is 2.30. The van der Waals surface area contributed by atoms with Crippen LogP contribution >= 0.6 is 0 Å². The zero-order valence-corrected chi connectivity index (χ0v) is 18.6. The summed E-state index contributed by atoms with van der Waals surface area (Å²) in [6.45, 7) is 3.99. The van der Waals surface area contributed by atoms with Crippen LogP contribution in [0.1, 0.15) is 49.3 Å². The third kappa shape index (κ3) is 3.92. The predicted octanol–water partition coefficient (Wildman–Crippen LogP) is 2.99. The molecular formula is C22H28N6O2S. The molecule has 8 nitrogen and oxygen atoms in total. The molecule has 0 bridgehead atoms. The number of aromatic nitrogens is 4. The number of hydrogen-bond acceptors (Lipinski definition) is 6. The van der Waals surface area contributed by atoms with Crippen LogP contribution in [0, 0.1) is 6.92 Å². The standard InChI is InChI=1S/C22H28N6O2S/c1-17-15-21(28-22(25-17)23-16-24-28)26-11-13-27(14-12-26)31(29,30)20-9-7-19(8-10-20)18-5-3-2-4-6-18/h7-10,15-16,18H,2-6,11-14H2,1H3. The van der Waals surface area contributed by atoms with E-state index in [1.165, 1.54) is 44.0 Å². The van der Waals surface area contributed by atoms with E-state index >= 15 is 0 Å². The summed E-state index contributed by atoms with van der Waals surface area (Å²) in [5, 5.41) is 4.27. The first-order valence-electron chi connectivity index (χ1n) is 11.0. The highest BCUT2D eigenvalue weighted by Crippen LogP contribution is 2.33. The van der Waals surface area contributed by atoms with Crippen molar-refractivity contribution >= 4 is 21.6 Å². The minimum Gasteiger partial charge on any atom is -0.354 e. The zero-order chi connectivity index (χ0) is 21.4. The van der Waals surface area contributed by atoms with Crippen molar-refractivity contribution in [1.82, 2.24) is 23.9 Å². The van der Waals surface area contributed by atoms with E-state index in [9.17, 15) is 8.42 Å². The van der Waals surface area contributed by atoms with Crippen LogP contribution in [0.25, 0.3) is 5.78 Å². The minimum absolute atomic E-state index is 0.388. The molecule has 2 aliphatic rings. The Morgan fingerprint density at radius 2 is 1.68 bits per heavy atom. The second-order valence-corrected chi connectivity index (χ2v) is 10.5. The molecule has 1 saturated carbocycles. The number of rotatable bonds is 4. The number of nitrogens with zero attached hydrogens (tertiary/aromatic N) is 6. The lowest BCUT2D eigenvalue weighted by Gasteiger charge is -2.35. The van der Waals surface area contributed by atoms with Gasteiger partial charge in [0.25, 0.3) is 5.78 Å². The fourth-order valence-electron chi connectivity index (χ4n) is 4.79. The Morgan fingerprint density at radius 1 is 0.968 bits per heavy atom. The molecule has 1 aromatic carbocycles. The lowest BCUT2D eigenvalue weighted by atomic mass is 9.84. The van der Waals surface area contributed by atoms with E-state index in [0.717, 1.165) is 11.5 Å². The van der Waals surface area contributed by atoms with Gasteiger partial charge in [0.15, 0.2) is 0 Å². The van der Waals surface area contributed by atoms with Gasteiger partial charge in [0.2, 0.25) is 10.0 Å². The first-order valence-corrected chi connectivity index (χ1v) is 12.5. The second-order valence-electron chi connectivity index (χ2n) is 8.52. The molecular weight excluding hydrogens is 412 g/mol. The van der Waals surface area contributed by atoms with Crippen molar-refractivity contribution in [3.05, 3.63) is 47.9 Å². The first-order chi connectivity index (χ1) is 15.0. The molecule has 9 heteroatoms. The van der Waals surface area contributed by atoms with Crippen LogP contribution in [0.5, 0.6) is 0 Å². The topological polar surface area (TPSA) is 83.7 Å². The molecule has 0 N–H and O–H groups in total. The molecule has 1 aliphatic heterocycles. The van der Waals surface area contributed by atoms with Crippen LogP contribution in [-0.2, 0) is 10.0 Å². The van der Waals surface area contributed by atoms with Crippen molar-refractivity contribution < 1.29 is 8.42 Å². The fraction of sp³-hybridized carbons (Fsp3) is 0.500. The summed E-state index contributed by atoms with van der Waals surface area (Å²) in [4.78, 5) is 11.1. The Kier molecular flexibility index (Phi) is 5.39. The first kappa shape index (κ1) is 20.4. The van der Waals surface area contributed by atoms with Crippen molar-refractivity contribution in [2.75, 3.05) is 31.1 Å². The molecule has 2 fully saturated rings. The molecule has 1 aliphatic carbocycles. The van der Waals surface area contributed by atoms with Gasteiger partial charge in [0.05, 0.1) is 4.90 Å². The molecule has 3 heterocycles. The molecule has 0 atom stereocenters. The largest absolute Gasteiger partial charge is 0.354 e. The number of sulfonamides is 1. The van der Waals surface area contributed by atoms with Gasteiger partial charge in [-0.05, 0) is 43.4 Å². The normalized spacial score (nSPS) is 19.2. The van der Waals surface area contributed by atoms with Crippen LogP contribution in [0.15, 0.2) is 41.6 Å². The average Bonchev–Trinajstić information content (AvgIpc) is 3.28. The van der Waals surface area contributed by atoms with Crippen molar-refractivity contribution in [3.8, 4) is 0 Å². The average molecular weight is 441 g/mol. The summed E-state index contributed by atoms with van der Waals surface area (Å²) in [5.41, 5.74) is 2.14. The summed E-state index contributed by atoms with van der Waals surface area (Å²) in [6.07, 6.45) is 7.77. The third-order valence-electron chi connectivity index (χ3n) is 6.52. The molecule has 2 aromatic heterocycles. The molecule has 5 rings (SSSR count). The van der Waals surface area contributed by atoms with E-state index < -0.39 is 10.0 Å². The molecule has 3 aromatic rings. The van der Waals surface area contributed by atoms with Gasteiger partial charge in [-0.25, -0.2) is 13.4 Å². The van der Waals surface area contributed by atoms with E-state index in [-0.39, 0.29) is 0 Å². The Labute approximate surface area is 183 Å². The monoisotopic (exact) mass is 440 g/mol. The van der Waals surface area contributed by atoms with Gasteiger partial charge in [0, 0.05) is 37.9 Å². The molecule has 164 valence electrons. The SMILES string of the molecule is Cc1cc(N2CCN(S(=O)(=O)c3ccc(C4CCCCC4)cc3)CC2)n2ncnc2n1. The number of piperazine rings is 1. The number of hydrogen-bond donors (Lipinski definition) is 0. The van der Waals surface area contributed by atoms with Crippen LogP contribution in [0.3, 0.4) is 0 Å². The number of benzene rings is 1. The smallest absolute Gasteiger partial charge is 0.254 e. The lowest BCUT2D eigenvalue weighted by molar-refractivity contribution is 0.383. The summed E-state index contributed by atoms with van der Waals surface area (Å²) < 4.78 is 29.7. The summed E-state index contributed by atoms with van der Waals surface area (Å²) in [7, 11) is -3.50. The Balaban J connectivity index is 1.30. The molecule has 0 spiro atoms. The Morgan fingerprint density at radius 3 is 2.39 bits per heavy atom. The molecule has 31 heavy (non-hydrogen) atoms. The Hall–Kier alpha value is -2.52. The highest BCUT2D eigenvalue weighted by molar-refractivity contribution is 7.89. The molecule has 0 radical (unpaired) electrons. The van der Waals surface area contributed by atoms with E-state index in [0.29, 0.717) is 42.8 Å². The van der Waals surface area contributed by atoms with Crippen molar-refractivity contribution in [1.29, 1.82) is 0 Å². The maximum absolute atomic E-state index is 13.2. The summed E-state index contributed by atoms with van der Waals surface area (Å²) in [6, 6.07) is 9.57. The van der Waals surface area contributed by atoms with Gasteiger partial charge >= 0.3 is 0 Å². The maximum atomic E-state index is 13.2. The van der Waals surface area contributed by atoms with E-state index in [1.807, 2.05) is 25.1 Å². The summed E-state index contributed by atoms with van der Waals surface area (Å²) in [5.74, 6) is 2.03. The minimum atomic E-state index is -3.50. The lowest BCUT2D eigenvalue weighted by Crippen LogP contribution is -2.49. The van der Waals surface area contributed by atoms with Crippen LogP contribution < -0.4 is 4.90 Å². The van der Waals surface area contributed by atoms with Crippen LogP contribution in [0.4, 0.5) is 5.82 Å². The second kappa shape index (κ2) is 8.20. The molecule has 0 amide bonds. The van der Waals surface area contributed by atoms with Gasteiger partial charge in [0.1, 0.15) is 12.1 Å². The number of anilines is 1. The van der Waals surface area contributed by atoms with Gasteiger partial charge in [-0.1, -0.05) is 31.4 Å². The van der Waals surface area contributed by atoms with Crippen molar-refractivity contribution in [2.45, 2.75) is 49.8 Å². The van der Waals surface area contributed by atoms with Crippen molar-refractivity contribution in [3.63, 3.8) is 0 Å². The third-order valence-corrected chi connectivity index (χ3v) is 8.43. The quantitative estimate of drug-likeness (QED) is 0.620. The number of fused-ring (bicyclic) bond motifs is 1. The van der Waals surface area contributed by atoms with Crippen LogP contribution in [0.2, 0.25) is 0 Å². The fourth-order valence-corrected chi connectivity index (χ4v) is 6.21. The summed E-state index contributed by atoms with van der Waals surface area (Å²) >= 11 is 0. The van der Waals surface area contributed by atoms with E-state index in [4.69, 9.17) is 0 Å². The van der Waals surface area contributed by atoms with Crippen molar-refractivity contribution in [2.24, 2.45) is 0 Å². The number of aryl methyl sites for hydroxylation is 1. The Bertz CT molecular complexity index is 1160. The van der Waals surface area contributed by atoms with Gasteiger partial charge in [-0.2, -0.15) is 18.9 Å². The molecule has 0 unspecified atom stereocenters. The van der Waals surface area contributed by atoms with E-state index in [1.54, 1.807) is 21.0 Å². The van der Waals surface area contributed by atoms with E-state index in [2.05, 4.69) is 20.0 Å². The maximum Gasteiger partial charge on any atom is 0.254 e. The van der Waals surface area contributed by atoms with Gasteiger partial charge in [-0.3, -0.25) is 0 Å². The molecule has 1 saturated heterocycles.